The number of aliphatic hydroxyl groups is 1. The number of halogens is 3. The summed E-state index contributed by atoms with van der Waals surface area (Å²) in [5.41, 5.74) is 3.68. The van der Waals surface area contributed by atoms with Gasteiger partial charge < -0.3 is 19.3 Å². The lowest BCUT2D eigenvalue weighted by Crippen LogP contribution is -2.58. The van der Waals surface area contributed by atoms with Gasteiger partial charge in [0.2, 0.25) is 5.82 Å². The maximum atomic E-state index is 14.0. The van der Waals surface area contributed by atoms with E-state index in [0.717, 1.165) is 16.0 Å². The van der Waals surface area contributed by atoms with Crippen molar-refractivity contribution < 1.29 is 27.8 Å². The van der Waals surface area contributed by atoms with Gasteiger partial charge in [-0.3, -0.25) is 4.79 Å². The Labute approximate surface area is 230 Å². The number of aryl methyl sites for hydroxylation is 2. The van der Waals surface area contributed by atoms with Crippen LogP contribution in [0.15, 0.2) is 23.7 Å². The third-order valence-corrected chi connectivity index (χ3v) is 8.49. The fraction of sp³-hybridized carbons (Fsp3) is 0.440. The van der Waals surface area contributed by atoms with Crippen LogP contribution in [0.3, 0.4) is 0 Å². The highest BCUT2D eigenvalue weighted by molar-refractivity contribution is 7.12. The van der Waals surface area contributed by atoms with Gasteiger partial charge in [-0.15, -0.1) is 20.4 Å². The summed E-state index contributed by atoms with van der Waals surface area (Å²) in [5, 5.41) is 31.4. The van der Waals surface area contributed by atoms with Crippen molar-refractivity contribution in [2.24, 2.45) is 7.05 Å². The first-order valence-electron chi connectivity index (χ1n) is 12.6. The molecule has 1 N–H and O–H groups in total. The molecule has 0 saturated carbocycles. The van der Waals surface area contributed by atoms with Gasteiger partial charge in [-0.1, -0.05) is 11.3 Å². The normalized spacial score (nSPS) is 19.4. The number of amides is 1. The number of likely N-dealkylation sites (tertiary alicyclic amines) is 1. The second-order valence-corrected chi connectivity index (χ2v) is 10.9. The van der Waals surface area contributed by atoms with Crippen molar-refractivity contribution in [1.29, 1.82) is 0 Å². The first kappa shape index (κ1) is 26.4. The average Bonchev–Trinajstić information content (AvgIpc) is 3.72. The number of alkyl halides is 3. The predicted octanol–water partition coefficient (Wildman–Crippen LogP) is 3.35. The van der Waals surface area contributed by atoms with Crippen molar-refractivity contribution in [1.82, 2.24) is 39.9 Å². The maximum absolute atomic E-state index is 14.0. The molecule has 0 bridgehead atoms. The number of hydrogen-bond donors (Lipinski definition) is 1. The van der Waals surface area contributed by atoms with Gasteiger partial charge in [0.05, 0.1) is 31.0 Å². The van der Waals surface area contributed by atoms with E-state index in [1.807, 2.05) is 16.7 Å². The van der Waals surface area contributed by atoms with E-state index >= 15 is 0 Å². The molecule has 4 aromatic rings. The number of carbonyl (C=O) groups is 1. The largest absolute Gasteiger partial charge is 0.496 e. The second kappa shape index (κ2) is 9.37. The summed E-state index contributed by atoms with van der Waals surface area (Å²) in [7, 11) is 3.21. The van der Waals surface area contributed by atoms with E-state index in [2.05, 4.69) is 25.6 Å². The van der Waals surface area contributed by atoms with Gasteiger partial charge in [0.25, 0.3) is 5.91 Å². The highest BCUT2D eigenvalue weighted by atomic mass is 32.1. The minimum atomic E-state index is -4.86. The van der Waals surface area contributed by atoms with Crippen LogP contribution >= 0.6 is 11.3 Å². The van der Waals surface area contributed by atoms with E-state index < -0.39 is 23.7 Å². The number of methoxy groups -OCH3 is 1. The summed E-state index contributed by atoms with van der Waals surface area (Å²) < 4.78 is 48.3. The van der Waals surface area contributed by atoms with Crippen LogP contribution in [-0.4, -0.2) is 82.4 Å². The predicted molar refractivity (Wildman–Crippen MR) is 138 cm³/mol. The Morgan fingerprint density at radius 2 is 1.98 bits per heavy atom. The number of aromatic nitrogens is 7. The minimum absolute atomic E-state index is 0.0351. The number of aliphatic hydroxyl groups excluding tert-OH is 1. The van der Waals surface area contributed by atoms with Gasteiger partial charge in [-0.2, -0.15) is 18.0 Å². The van der Waals surface area contributed by atoms with E-state index in [1.165, 1.54) is 23.1 Å². The number of ether oxygens (including phenoxy) is 1. The summed E-state index contributed by atoms with van der Waals surface area (Å²) in [6.07, 6.45) is -6.60. The lowest BCUT2D eigenvalue weighted by molar-refractivity contribution is -0.232. The molecule has 1 aromatic carbocycles. The van der Waals surface area contributed by atoms with Crippen molar-refractivity contribution >= 4 is 17.2 Å². The van der Waals surface area contributed by atoms with Gasteiger partial charge in [0.15, 0.2) is 6.10 Å². The molecule has 5 heterocycles. The van der Waals surface area contributed by atoms with Gasteiger partial charge in [-0.25, -0.2) is 0 Å². The molecular weight excluding hydrogens is 549 g/mol. The van der Waals surface area contributed by atoms with Crippen molar-refractivity contribution in [2.75, 3.05) is 13.7 Å². The van der Waals surface area contributed by atoms with E-state index in [1.54, 1.807) is 25.7 Å². The molecule has 6 rings (SSSR count). The quantitative estimate of drug-likeness (QED) is 0.385. The van der Waals surface area contributed by atoms with Crippen LogP contribution in [0, 0.1) is 0 Å². The Hall–Kier alpha value is -3.85. The van der Waals surface area contributed by atoms with Crippen LogP contribution in [0.1, 0.15) is 35.8 Å². The fourth-order valence-electron chi connectivity index (χ4n) is 5.81. The summed E-state index contributed by atoms with van der Waals surface area (Å²) in [6.45, 7) is 1.80. The molecule has 2 aliphatic heterocycles. The molecule has 40 heavy (non-hydrogen) atoms. The summed E-state index contributed by atoms with van der Waals surface area (Å²) in [4.78, 5) is 16.5. The third-order valence-electron chi connectivity index (χ3n) is 7.77. The zero-order valence-corrected chi connectivity index (χ0v) is 22.6. The van der Waals surface area contributed by atoms with Crippen LogP contribution in [0.25, 0.3) is 33.2 Å². The van der Waals surface area contributed by atoms with Gasteiger partial charge >= 0.3 is 6.18 Å². The molecule has 1 amide bonds. The lowest BCUT2D eigenvalue weighted by atomic mass is 9.90. The highest BCUT2D eigenvalue weighted by Gasteiger charge is 2.56. The van der Waals surface area contributed by atoms with E-state index in [9.17, 15) is 23.1 Å². The van der Waals surface area contributed by atoms with E-state index in [0.29, 0.717) is 52.8 Å². The summed E-state index contributed by atoms with van der Waals surface area (Å²) >= 11 is 1.29. The SMILES string of the molecule is COc1cc2c(cc1-c1nnn(C)n1)-c1c(-c3nncs3)cc(C(=O)N3CCC[C@@]3(C)[C@@H](O)C(F)(F)F)n1CC2. The average molecular weight is 575 g/mol. The third kappa shape index (κ3) is 4.06. The first-order chi connectivity index (χ1) is 19.0. The first-order valence-corrected chi connectivity index (χ1v) is 13.4. The maximum Gasteiger partial charge on any atom is 0.416 e. The molecule has 2 aliphatic rings. The molecule has 210 valence electrons. The Morgan fingerprint density at radius 3 is 2.62 bits per heavy atom. The number of tetrazole rings is 1. The zero-order valence-electron chi connectivity index (χ0n) is 21.8. The fourth-order valence-corrected chi connectivity index (χ4v) is 6.38. The molecule has 1 saturated heterocycles. The summed E-state index contributed by atoms with van der Waals surface area (Å²) in [5.74, 6) is 0.344. The minimum Gasteiger partial charge on any atom is -0.496 e. The molecule has 3 aromatic heterocycles. The zero-order chi connectivity index (χ0) is 28.4. The molecular formula is C25H25F3N8O3S. The van der Waals surface area contributed by atoms with Crippen LogP contribution < -0.4 is 4.74 Å². The van der Waals surface area contributed by atoms with Crippen LogP contribution in [-0.2, 0) is 20.0 Å². The Bertz CT molecular complexity index is 1600. The number of rotatable bonds is 5. The Kier molecular flexibility index (Phi) is 6.18. The van der Waals surface area contributed by atoms with Crippen molar-refractivity contribution in [3.8, 4) is 39.0 Å². The van der Waals surface area contributed by atoms with Crippen molar-refractivity contribution in [3.63, 3.8) is 0 Å². The van der Waals surface area contributed by atoms with Crippen LogP contribution in [0.2, 0.25) is 0 Å². The summed E-state index contributed by atoms with van der Waals surface area (Å²) in [6, 6.07) is 5.44. The van der Waals surface area contributed by atoms with Crippen molar-refractivity contribution in [3.05, 3.63) is 35.0 Å². The second-order valence-electron chi connectivity index (χ2n) is 10.1. The molecule has 1 fully saturated rings. The standard InChI is InChI=1S/C25H25F3N8O3S/c1-24(23(38)25(26,27)28)6-4-7-36(24)22(37)17-11-16(21-31-29-12-40-21)19-14-10-15(20-30-33-34(2)32-20)18(39-3)9-13(14)5-8-35(17)19/h9-12,23,38H,4-8H2,1-3H3/t23-,24+/m1/s1. The van der Waals surface area contributed by atoms with Gasteiger partial charge in [-0.05, 0) is 55.2 Å². The topological polar surface area (TPSA) is 124 Å². The monoisotopic (exact) mass is 574 g/mol. The van der Waals surface area contributed by atoms with Crippen LogP contribution in [0.5, 0.6) is 5.75 Å². The van der Waals surface area contributed by atoms with Crippen LogP contribution in [0.4, 0.5) is 13.2 Å². The Balaban J connectivity index is 1.52. The highest BCUT2D eigenvalue weighted by Crippen LogP contribution is 2.46. The molecule has 11 nitrogen and oxygen atoms in total. The smallest absolute Gasteiger partial charge is 0.416 e. The number of hydrogen-bond acceptors (Lipinski definition) is 9. The van der Waals surface area contributed by atoms with E-state index in [4.69, 9.17) is 4.74 Å². The van der Waals surface area contributed by atoms with Gasteiger partial charge in [0, 0.05) is 24.2 Å². The van der Waals surface area contributed by atoms with Crippen molar-refractivity contribution in [2.45, 2.75) is 50.6 Å². The molecule has 0 unspecified atom stereocenters. The molecule has 0 radical (unpaired) electrons. The number of fused-ring (bicyclic) bond motifs is 3. The van der Waals surface area contributed by atoms with Gasteiger partial charge in [0.1, 0.15) is 22.0 Å². The lowest BCUT2D eigenvalue weighted by Gasteiger charge is -2.40. The molecule has 2 atom stereocenters. The molecule has 15 heteroatoms. The molecule has 0 aliphatic carbocycles. The number of nitrogens with zero attached hydrogens (tertiary/aromatic N) is 8. The Morgan fingerprint density at radius 1 is 1.18 bits per heavy atom. The van der Waals surface area contributed by atoms with E-state index in [-0.39, 0.29) is 18.7 Å². The number of carbonyl (C=O) groups excluding carboxylic acids is 1. The number of benzene rings is 1. The molecule has 0 spiro atoms.